The van der Waals surface area contributed by atoms with Gasteiger partial charge in [0, 0.05) is 25.8 Å². The van der Waals surface area contributed by atoms with E-state index in [2.05, 4.69) is 4.98 Å². The summed E-state index contributed by atoms with van der Waals surface area (Å²) in [5.74, 6) is 0.778. The molecular weight excluding hydrogens is 194 g/mol. The van der Waals surface area contributed by atoms with E-state index < -0.39 is 0 Å². The van der Waals surface area contributed by atoms with Crippen LogP contribution < -0.4 is 0 Å². The number of nitrogens with zero attached hydrogens (tertiary/aromatic N) is 1. The molecule has 0 radical (unpaired) electrons. The zero-order valence-corrected chi connectivity index (χ0v) is 8.65. The molecule has 0 saturated heterocycles. The summed E-state index contributed by atoms with van der Waals surface area (Å²) in [4.78, 5) is 4.13. The van der Waals surface area contributed by atoms with Gasteiger partial charge in [0.2, 0.25) is 0 Å². The molecule has 0 amide bonds. The first-order valence-electron chi connectivity index (χ1n) is 3.44. The molecule has 0 N–H and O–H groups in total. The van der Waals surface area contributed by atoms with Gasteiger partial charge in [-0.2, -0.15) is 0 Å². The molecule has 3 nitrogen and oxygen atoms in total. The average Bonchev–Trinajstić information content (AvgIpc) is 2.59. The molecule has 1 heterocycles. The van der Waals surface area contributed by atoms with Crippen molar-refractivity contribution >= 4 is 23.1 Å². The van der Waals surface area contributed by atoms with Gasteiger partial charge in [-0.25, -0.2) is 4.98 Å². The largest absolute Gasteiger partial charge is 0.355 e. The minimum atomic E-state index is -0.140. The standard InChI is InChI=1S/C7H11NO2S2/c1-9-6(10-2)5-12-7-8-3-4-11-7/h3-4,6H,5H2,1-2H3. The van der Waals surface area contributed by atoms with E-state index in [1.54, 1.807) is 43.5 Å². The van der Waals surface area contributed by atoms with Gasteiger partial charge in [-0.3, -0.25) is 0 Å². The van der Waals surface area contributed by atoms with Gasteiger partial charge in [-0.1, -0.05) is 11.8 Å². The second kappa shape index (κ2) is 5.53. The molecular formula is C7H11NO2S2. The summed E-state index contributed by atoms with van der Waals surface area (Å²) < 4.78 is 11.1. The molecule has 12 heavy (non-hydrogen) atoms. The maximum Gasteiger partial charge on any atom is 0.166 e. The maximum atomic E-state index is 5.03. The predicted molar refractivity (Wildman–Crippen MR) is 50.6 cm³/mol. The molecule has 0 spiro atoms. The lowest BCUT2D eigenvalue weighted by molar-refractivity contribution is -0.0842. The van der Waals surface area contributed by atoms with Crippen molar-refractivity contribution in [3.05, 3.63) is 11.6 Å². The smallest absolute Gasteiger partial charge is 0.166 e. The van der Waals surface area contributed by atoms with E-state index in [9.17, 15) is 0 Å². The van der Waals surface area contributed by atoms with E-state index in [-0.39, 0.29) is 6.29 Å². The highest BCUT2D eigenvalue weighted by atomic mass is 32.2. The molecule has 0 fully saturated rings. The van der Waals surface area contributed by atoms with E-state index in [4.69, 9.17) is 9.47 Å². The van der Waals surface area contributed by atoms with Crippen LogP contribution in [0.2, 0.25) is 0 Å². The molecule has 1 aromatic heterocycles. The molecule has 0 aliphatic carbocycles. The van der Waals surface area contributed by atoms with Crippen LogP contribution in [-0.4, -0.2) is 31.2 Å². The molecule has 0 unspecified atom stereocenters. The lowest BCUT2D eigenvalue weighted by Crippen LogP contribution is -2.15. The predicted octanol–water partition coefficient (Wildman–Crippen LogP) is 1.85. The molecule has 0 aliphatic rings. The molecule has 0 saturated carbocycles. The Morgan fingerprint density at radius 3 is 2.83 bits per heavy atom. The summed E-state index contributed by atoms with van der Waals surface area (Å²) in [6.07, 6.45) is 1.65. The van der Waals surface area contributed by atoms with Gasteiger partial charge < -0.3 is 9.47 Å². The zero-order valence-electron chi connectivity index (χ0n) is 7.02. The number of thioether (sulfide) groups is 1. The Bertz CT molecular complexity index is 199. The Morgan fingerprint density at radius 2 is 2.33 bits per heavy atom. The van der Waals surface area contributed by atoms with Gasteiger partial charge in [0.05, 0.1) is 5.75 Å². The van der Waals surface area contributed by atoms with Crippen molar-refractivity contribution < 1.29 is 9.47 Å². The lowest BCUT2D eigenvalue weighted by atomic mass is 10.7. The first kappa shape index (κ1) is 9.98. The molecule has 0 bridgehead atoms. The van der Waals surface area contributed by atoms with Crippen molar-refractivity contribution in [1.29, 1.82) is 0 Å². The quantitative estimate of drug-likeness (QED) is 0.542. The first-order chi connectivity index (χ1) is 5.86. The van der Waals surface area contributed by atoms with Crippen LogP contribution in [0.25, 0.3) is 0 Å². The highest BCUT2D eigenvalue weighted by Crippen LogP contribution is 2.21. The van der Waals surface area contributed by atoms with E-state index in [1.807, 2.05) is 5.38 Å². The fourth-order valence-corrected chi connectivity index (χ4v) is 2.34. The Morgan fingerprint density at radius 1 is 1.58 bits per heavy atom. The summed E-state index contributed by atoms with van der Waals surface area (Å²) in [7, 11) is 3.27. The van der Waals surface area contributed by atoms with Crippen molar-refractivity contribution in [3.63, 3.8) is 0 Å². The van der Waals surface area contributed by atoms with E-state index in [0.29, 0.717) is 0 Å². The number of hydrogen-bond donors (Lipinski definition) is 0. The van der Waals surface area contributed by atoms with Crippen LogP contribution in [0.15, 0.2) is 15.9 Å². The molecule has 0 aromatic carbocycles. The highest BCUT2D eigenvalue weighted by molar-refractivity contribution is 8.01. The van der Waals surface area contributed by atoms with Crippen molar-refractivity contribution in [2.45, 2.75) is 10.6 Å². The number of methoxy groups -OCH3 is 2. The summed E-state index contributed by atoms with van der Waals surface area (Å²) >= 11 is 3.27. The van der Waals surface area contributed by atoms with Crippen LogP contribution in [0.3, 0.4) is 0 Å². The third-order valence-corrected chi connectivity index (χ3v) is 3.28. The average molecular weight is 205 g/mol. The Labute approximate surface area is 80.1 Å². The van der Waals surface area contributed by atoms with Gasteiger partial charge in [0.15, 0.2) is 6.29 Å². The summed E-state index contributed by atoms with van der Waals surface area (Å²) in [6.45, 7) is 0. The third-order valence-electron chi connectivity index (χ3n) is 1.28. The van der Waals surface area contributed by atoms with E-state index in [1.165, 1.54) is 0 Å². The Kier molecular flexibility index (Phi) is 4.60. The van der Waals surface area contributed by atoms with Crippen LogP contribution in [-0.2, 0) is 9.47 Å². The van der Waals surface area contributed by atoms with E-state index >= 15 is 0 Å². The number of rotatable bonds is 5. The van der Waals surface area contributed by atoms with Gasteiger partial charge in [0.25, 0.3) is 0 Å². The van der Waals surface area contributed by atoms with Gasteiger partial charge >= 0.3 is 0 Å². The fraction of sp³-hybridized carbons (Fsp3) is 0.571. The SMILES string of the molecule is COC(CSc1nccs1)OC. The van der Waals surface area contributed by atoms with Crippen molar-refractivity contribution in [2.24, 2.45) is 0 Å². The topological polar surface area (TPSA) is 31.4 Å². The Hall–Kier alpha value is -0.100. The molecule has 0 aliphatic heterocycles. The van der Waals surface area contributed by atoms with Crippen LogP contribution in [0.1, 0.15) is 0 Å². The molecule has 0 atom stereocenters. The minimum absolute atomic E-state index is 0.140. The number of thiazole rings is 1. The maximum absolute atomic E-state index is 5.03. The lowest BCUT2D eigenvalue weighted by Gasteiger charge is -2.10. The van der Waals surface area contributed by atoms with Crippen LogP contribution in [0.5, 0.6) is 0 Å². The summed E-state index contributed by atoms with van der Waals surface area (Å²) in [5.41, 5.74) is 0. The summed E-state index contributed by atoms with van der Waals surface area (Å²) in [6, 6.07) is 0. The number of ether oxygens (including phenoxy) is 2. The van der Waals surface area contributed by atoms with Crippen LogP contribution >= 0.6 is 23.1 Å². The zero-order chi connectivity index (χ0) is 8.81. The fourth-order valence-electron chi connectivity index (χ4n) is 0.653. The first-order valence-corrected chi connectivity index (χ1v) is 5.31. The van der Waals surface area contributed by atoms with Crippen molar-refractivity contribution in [1.82, 2.24) is 4.98 Å². The number of aromatic nitrogens is 1. The van der Waals surface area contributed by atoms with Crippen LogP contribution in [0, 0.1) is 0 Å². The van der Waals surface area contributed by atoms with E-state index in [0.717, 1.165) is 10.1 Å². The van der Waals surface area contributed by atoms with Gasteiger partial charge in [0.1, 0.15) is 4.34 Å². The van der Waals surface area contributed by atoms with Crippen molar-refractivity contribution in [3.8, 4) is 0 Å². The summed E-state index contributed by atoms with van der Waals surface area (Å²) in [5, 5.41) is 1.96. The molecule has 1 rings (SSSR count). The van der Waals surface area contributed by atoms with Crippen molar-refractivity contribution in [2.75, 3.05) is 20.0 Å². The second-order valence-corrected chi connectivity index (χ2v) is 4.17. The minimum Gasteiger partial charge on any atom is -0.355 e. The Balaban J connectivity index is 2.25. The van der Waals surface area contributed by atoms with Gasteiger partial charge in [-0.05, 0) is 0 Å². The monoisotopic (exact) mass is 205 g/mol. The van der Waals surface area contributed by atoms with Crippen LogP contribution in [0.4, 0.5) is 0 Å². The molecule has 5 heteroatoms. The third kappa shape index (κ3) is 3.10. The van der Waals surface area contributed by atoms with Gasteiger partial charge in [-0.15, -0.1) is 11.3 Å². The highest BCUT2D eigenvalue weighted by Gasteiger charge is 2.06. The normalized spacial score (nSPS) is 10.9. The molecule has 1 aromatic rings. The second-order valence-electron chi connectivity index (χ2n) is 2.01. The number of hydrogen-bond acceptors (Lipinski definition) is 5. The molecule has 68 valence electrons.